The summed E-state index contributed by atoms with van der Waals surface area (Å²) in [5.74, 6) is 1.31. The fourth-order valence-electron chi connectivity index (χ4n) is 4.52. The summed E-state index contributed by atoms with van der Waals surface area (Å²) in [6.45, 7) is 6.00. The van der Waals surface area contributed by atoms with Gasteiger partial charge in [0.25, 0.3) is 0 Å². The van der Waals surface area contributed by atoms with Crippen molar-refractivity contribution in [1.29, 1.82) is 0 Å². The smallest absolute Gasteiger partial charge is 0.199 e. The van der Waals surface area contributed by atoms with E-state index in [2.05, 4.69) is 0 Å². The number of hydrogen-bond donors (Lipinski definition) is 0. The molecule has 1 aliphatic rings. The zero-order chi connectivity index (χ0) is 20.8. The van der Waals surface area contributed by atoms with E-state index in [-0.39, 0.29) is 16.8 Å². The number of hydrogen-bond acceptors (Lipinski definition) is 5. The van der Waals surface area contributed by atoms with E-state index in [0.717, 1.165) is 15.6 Å². The molecule has 3 aromatic rings. The minimum atomic E-state index is -0.621. The van der Waals surface area contributed by atoms with Gasteiger partial charge in [-0.3, -0.25) is 9.59 Å². The first-order valence-corrected chi connectivity index (χ1v) is 10.9. The fraction of sp³-hybridized carbons (Fsp3) is 0.333. The molecule has 0 bridgehead atoms. The SMILES string of the molecule is CCC1=C(OC)C(CC)(CC)c2oc(-c3csc4ccccc34)cc(=O)c2C1=O. The number of rotatable bonds is 5. The monoisotopic (exact) mass is 408 g/mol. The van der Waals surface area contributed by atoms with Crippen LogP contribution in [0.2, 0.25) is 0 Å². The second-order valence-corrected chi connectivity index (χ2v) is 8.22. The lowest BCUT2D eigenvalue weighted by Gasteiger charge is -2.37. The average Bonchev–Trinajstić information content (AvgIpc) is 3.17. The number of allylic oxidation sites excluding steroid dienone is 2. The van der Waals surface area contributed by atoms with Gasteiger partial charge < -0.3 is 9.15 Å². The number of methoxy groups -OCH3 is 1. The molecule has 5 heteroatoms. The van der Waals surface area contributed by atoms with E-state index < -0.39 is 5.41 Å². The van der Waals surface area contributed by atoms with Crippen molar-refractivity contribution in [3.8, 4) is 11.3 Å². The molecule has 0 N–H and O–H groups in total. The molecule has 0 amide bonds. The number of carbonyl (C=O) groups is 1. The summed E-state index contributed by atoms with van der Waals surface area (Å²) >= 11 is 1.61. The van der Waals surface area contributed by atoms with Crippen LogP contribution in [0.25, 0.3) is 21.4 Å². The topological polar surface area (TPSA) is 56.5 Å². The van der Waals surface area contributed by atoms with Crippen LogP contribution in [0.5, 0.6) is 0 Å². The lowest BCUT2D eigenvalue weighted by Crippen LogP contribution is -2.39. The molecule has 29 heavy (non-hydrogen) atoms. The lowest BCUT2D eigenvalue weighted by molar-refractivity contribution is 0.0975. The van der Waals surface area contributed by atoms with E-state index in [4.69, 9.17) is 9.15 Å². The number of carbonyl (C=O) groups excluding carboxylic acids is 1. The van der Waals surface area contributed by atoms with Gasteiger partial charge >= 0.3 is 0 Å². The highest BCUT2D eigenvalue weighted by molar-refractivity contribution is 7.17. The third kappa shape index (κ3) is 2.71. The summed E-state index contributed by atoms with van der Waals surface area (Å²) in [7, 11) is 1.59. The van der Waals surface area contributed by atoms with Crippen molar-refractivity contribution >= 4 is 27.2 Å². The highest BCUT2D eigenvalue weighted by Crippen LogP contribution is 2.47. The fourth-order valence-corrected chi connectivity index (χ4v) is 5.47. The van der Waals surface area contributed by atoms with Gasteiger partial charge in [0.15, 0.2) is 11.2 Å². The van der Waals surface area contributed by atoms with E-state index >= 15 is 0 Å². The molecule has 0 fully saturated rings. The van der Waals surface area contributed by atoms with Crippen LogP contribution in [0, 0.1) is 0 Å². The Kier molecular flexibility index (Phi) is 4.95. The maximum absolute atomic E-state index is 13.2. The van der Waals surface area contributed by atoms with Gasteiger partial charge in [-0.25, -0.2) is 0 Å². The number of ether oxygens (including phenoxy) is 1. The van der Waals surface area contributed by atoms with E-state index in [1.165, 1.54) is 6.07 Å². The normalized spacial score (nSPS) is 15.7. The van der Waals surface area contributed by atoms with E-state index in [9.17, 15) is 9.59 Å². The maximum atomic E-state index is 13.2. The summed E-state index contributed by atoms with van der Waals surface area (Å²) in [5, 5.41) is 3.04. The summed E-state index contributed by atoms with van der Waals surface area (Å²) in [5.41, 5.74) is 0.709. The van der Waals surface area contributed by atoms with E-state index in [1.807, 2.05) is 50.4 Å². The zero-order valence-corrected chi connectivity index (χ0v) is 17.9. The standard InChI is InChI=1S/C24H24O4S/c1-5-14-21(26)20-17(25)12-18(16-13-29-19-11-9-8-10-15(16)19)28-23(20)24(6-2,7-3)22(14)27-4/h8-13H,5-7H2,1-4H3. The van der Waals surface area contributed by atoms with Gasteiger partial charge in [0, 0.05) is 32.7 Å². The van der Waals surface area contributed by atoms with Gasteiger partial charge in [0.2, 0.25) is 0 Å². The van der Waals surface area contributed by atoms with Crippen molar-refractivity contribution in [3.63, 3.8) is 0 Å². The molecular formula is C24H24O4S. The summed E-state index contributed by atoms with van der Waals surface area (Å²) in [6.07, 6.45) is 1.86. The lowest BCUT2D eigenvalue weighted by atomic mass is 9.69. The van der Waals surface area contributed by atoms with Gasteiger partial charge in [-0.15, -0.1) is 11.3 Å². The van der Waals surface area contributed by atoms with Gasteiger partial charge in [-0.1, -0.05) is 39.0 Å². The van der Waals surface area contributed by atoms with Gasteiger partial charge in [0.1, 0.15) is 22.8 Å². The predicted octanol–water partition coefficient (Wildman–Crippen LogP) is 6.09. The number of thiophene rings is 1. The van der Waals surface area contributed by atoms with Crippen molar-refractivity contribution in [3.05, 3.63) is 68.6 Å². The van der Waals surface area contributed by atoms with Gasteiger partial charge in [-0.05, 0) is 25.3 Å². The highest BCUT2D eigenvalue weighted by Gasteiger charge is 2.47. The van der Waals surface area contributed by atoms with Crippen molar-refractivity contribution in [2.24, 2.45) is 0 Å². The first-order chi connectivity index (χ1) is 14.0. The van der Waals surface area contributed by atoms with Crippen molar-refractivity contribution in [2.45, 2.75) is 45.4 Å². The largest absolute Gasteiger partial charge is 0.500 e. The molecule has 0 aliphatic heterocycles. The second kappa shape index (κ2) is 7.30. The molecule has 2 aromatic heterocycles. The van der Waals surface area contributed by atoms with Crippen LogP contribution in [-0.2, 0) is 10.2 Å². The number of ketones is 1. The zero-order valence-electron chi connectivity index (χ0n) is 17.1. The molecule has 0 radical (unpaired) electrons. The molecule has 1 aliphatic carbocycles. The Morgan fingerprint density at radius 1 is 1.10 bits per heavy atom. The minimum absolute atomic E-state index is 0.162. The Balaban J connectivity index is 2.05. The molecule has 0 spiro atoms. The first kappa shape index (κ1) is 19.6. The number of fused-ring (bicyclic) bond motifs is 2. The van der Waals surface area contributed by atoms with Crippen LogP contribution >= 0.6 is 11.3 Å². The Hall–Kier alpha value is -2.66. The van der Waals surface area contributed by atoms with Crippen LogP contribution in [0.15, 0.2) is 56.3 Å². The second-order valence-electron chi connectivity index (χ2n) is 7.31. The van der Waals surface area contributed by atoms with Gasteiger partial charge in [-0.2, -0.15) is 0 Å². The van der Waals surface area contributed by atoms with Crippen molar-refractivity contribution < 1.29 is 13.9 Å². The Morgan fingerprint density at radius 3 is 2.48 bits per heavy atom. The van der Waals surface area contributed by atoms with Crippen LogP contribution in [0.1, 0.15) is 56.2 Å². The first-order valence-electron chi connectivity index (χ1n) is 9.99. The summed E-state index contributed by atoms with van der Waals surface area (Å²) in [4.78, 5) is 26.3. The molecule has 1 aromatic carbocycles. The van der Waals surface area contributed by atoms with E-state index in [0.29, 0.717) is 42.1 Å². The molecule has 0 unspecified atom stereocenters. The van der Waals surface area contributed by atoms with Crippen LogP contribution in [0.4, 0.5) is 0 Å². The molecule has 4 nitrogen and oxygen atoms in total. The molecule has 4 rings (SSSR count). The Morgan fingerprint density at radius 2 is 1.83 bits per heavy atom. The van der Waals surface area contributed by atoms with Crippen molar-refractivity contribution in [2.75, 3.05) is 7.11 Å². The third-order valence-electron chi connectivity index (χ3n) is 6.10. The molecule has 0 saturated carbocycles. The minimum Gasteiger partial charge on any atom is -0.500 e. The molecule has 0 atom stereocenters. The van der Waals surface area contributed by atoms with E-state index in [1.54, 1.807) is 18.4 Å². The highest BCUT2D eigenvalue weighted by atomic mass is 32.1. The Labute approximate surface area is 173 Å². The molecule has 2 heterocycles. The summed E-state index contributed by atoms with van der Waals surface area (Å²) < 4.78 is 13.3. The molecule has 150 valence electrons. The van der Waals surface area contributed by atoms with Crippen LogP contribution in [0.3, 0.4) is 0 Å². The third-order valence-corrected chi connectivity index (χ3v) is 7.07. The maximum Gasteiger partial charge on any atom is 0.199 e. The van der Waals surface area contributed by atoms with Crippen molar-refractivity contribution in [1.82, 2.24) is 0 Å². The number of Topliss-reactive ketones (excluding diaryl/α,β-unsaturated/α-hetero) is 1. The molecular weight excluding hydrogens is 384 g/mol. The van der Waals surface area contributed by atoms with Crippen LogP contribution in [-0.4, -0.2) is 12.9 Å². The van der Waals surface area contributed by atoms with Gasteiger partial charge in [0.05, 0.1) is 12.5 Å². The predicted molar refractivity (Wildman–Crippen MR) is 117 cm³/mol. The average molecular weight is 409 g/mol. The van der Waals surface area contributed by atoms with Crippen LogP contribution < -0.4 is 5.43 Å². The number of benzene rings is 1. The molecule has 0 saturated heterocycles. The quantitative estimate of drug-likeness (QED) is 0.513. The summed E-state index contributed by atoms with van der Waals surface area (Å²) in [6, 6.07) is 9.50. The Bertz CT molecular complexity index is 1190.